The van der Waals surface area contributed by atoms with Crippen LogP contribution < -0.4 is 5.32 Å². The summed E-state index contributed by atoms with van der Waals surface area (Å²) in [6.45, 7) is 3.07. The van der Waals surface area contributed by atoms with Crippen molar-refractivity contribution in [3.8, 4) is 0 Å². The van der Waals surface area contributed by atoms with Gasteiger partial charge in [0.2, 0.25) is 10.0 Å². The van der Waals surface area contributed by atoms with Gasteiger partial charge in [-0.25, -0.2) is 8.42 Å². The maximum absolute atomic E-state index is 12.3. The molecule has 1 saturated carbocycles. The van der Waals surface area contributed by atoms with E-state index in [0.717, 1.165) is 18.5 Å². The molecule has 5 nitrogen and oxygen atoms in total. The Bertz CT molecular complexity index is 477. The highest BCUT2D eigenvalue weighted by atomic mass is 32.2. The minimum absolute atomic E-state index is 0.215. The molecule has 1 fully saturated rings. The fraction of sp³-hybridized carbons (Fsp3) is 0.636. The van der Waals surface area contributed by atoms with E-state index in [2.05, 4.69) is 10.3 Å². The Labute approximate surface area is 102 Å². The first-order valence-electron chi connectivity index (χ1n) is 5.93. The van der Waals surface area contributed by atoms with Crippen LogP contribution in [0, 0.1) is 0 Å². The largest absolute Gasteiger partial charge is 0.363 e. The van der Waals surface area contributed by atoms with Gasteiger partial charge < -0.3 is 10.3 Å². The minimum atomic E-state index is -3.31. The summed E-state index contributed by atoms with van der Waals surface area (Å²) in [7, 11) is -1.48. The molecule has 0 saturated heterocycles. The molecule has 0 aliphatic heterocycles. The lowest BCUT2D eigenvalue weighted by molar-refractivity contribution is 0.421. The maximum atomic E-state index is 12.3. The van der Waals surface area contributed by atoms with Crippen LogP contribution in [0.5, 0.6) is 0 Å². The molecule has 1 heterocycles. The van der Waals surface area contributed by atoms with E-state index in [1.807, 2.05) is 14.0 Å². The summed E-state index contributed by atoms with van der Waals surface area (Å²) in [5, 5.41) is 2.99. The van der Waals surface area contributed by atoms with E-state index in [-0.39, 0.29) is 6.04 Å². The highest BCUT2D eigenvalue weighted by Crippen LogP contribution is 2.31. The van der Waals surface area contributed by atoms with E-state index in [1.54, 1.807) is 16.6 Å². The van der Waals surface area contributed by atoms with Gasteiger partial charge in [-0.3, -0.25) is 0 Å². The van der Waals surface area contributed by atoms with Crippen molar-refractivity contribution in [2.45, 2.75) is 37.2 Å². The van der Waals surface area contributed by atoms with E-state index in [0.29, 0.717) is 18.0 Å². The second-order valence-corrected chi connectivity index (χ2v) is 6.22. The van der Waals surface area contributed by atoms with Crippen LogP contribution in [0.15, 0.2) is 17.2 Å². The molecule has 0 bridgehead atoms. The van der Waals surface area contributed by atoms with Crippen molar-refractivity contribution in [2.24, 2.45) is 0 Å². The fourth-order valence-corrected chi connectivity index (χ4v) is 3.70. The molecule has 0 amide bonds. The molecule has 1 aromatic heterocycles. The maximum Gasteiger partial charge on any atom is 0.244 e. The van der Waals surface area contributed by atoms with Crippen LogP contribution in [-0.2, 0) is 16.6 Å². The number of H-pyrrole nitrogens is 1. The molecule has 6 heteroatoms. The minimum Gasteiger partial charge on any atom is -0.363 e. The van der Waals surface area contributed by atoms with Crippen molar-refractivity contribution < 1.29 is 8.42 Å². The van der Waals surface area contributed by atoms with Crippen molar-refractivity contribution in [2.75, 3.05) is 13.6 Å². The van der Waals surface area contributed by atoms with Gasteiger partial charge in [-0.15, -0.1) is 0 Å². The molecule has 96 valence electrons. The van der Waals surface area contributed by atoms with Gasteiger partial charge in [0.1, 0.15) is 0 Å². The van der Waals surface area contributed by atoms with Crippen molar-refractivity contribution in [1.82, 2.24) is 14.6 Å². The number of aromatic amines is 1. The fourth-order valence-electron chi connectivity index (χ4n) is 1.98. The number of sulfonamides is 1. The van der Waals surface area contributed by atoms with Gasteiger partial charge >= 0.3 is 0 Å². The summed E-state index contributed by atoms with van der Waals surface area (Å²) in [6, 6.07) is 1.92. The van der Waals surface area contributed by atoms with Crippen molar-refractivity contribution >= 4 is 10.0 Å². The average Bonchev–Trinajstić information content (AvgIpc) is 2.97. The predicted molar refractivity (Wildman–Crippen MR) is 66.1 cm³/mol. The molecular formula is C11H19N3O2S. The zero-order valence-electron chi connectivity index (χ0n) is 10.2. The Balaban J connectivity index is 2.23. The number of aromatic nitrogens is 1. The monoisotopic (exact) mass is 257 g/mol. The zero-order valence-corrected chi connectivity index (χ0v) is 11.0. The molecule has 1 aliphatic rings. The zero-order chi connectivity index (χ0) is 12.5. The van der Waals surface area contributed by atoms with Crippen LogP contribution in [0.1, 0.15) is 25.5 Å². The highest BCUT2D eigenvalue weighted by molar-refractivity contribution is 7.89. The summed E-state index contributed by atoms with van der Waals surface area (Å²) in [5.41, 5.74) is 0.887. The Hall–Kier alpha value is -0.850. The molecular weight excluding hydrogens is 238 g/mol. The van der Waals surface area contributed by atoms with E-state index in [9.17, 15) is 8.42 Å². The molecule has 17 heavy (non-hydrogen) atoms. The van der Waals surface area contributed by atoms with Crippen LogP contribution in [0.25, 0.3) is 0 Å². The standard InChI is InChI=1S/C11H19N3O2S/c1-3-14(10-4-5-10)17(15,16)11-6-9(7-12-2)13-8-11/h6,8,10,12-13H,3-5,7H2,1-2H3. The predicted octanol–water partition coefficient (Wildman–Crippen LogP) is 0.907. The summed E-state index contributed by atoms with van der Waals surface area (Å²) in [4.78, 5) is 3.35. The van der Waals surface area contributed by atoms with Crippen LogP contribution in [0.3, 0.4) is 0 Å². The molecule has 0 atom stereocenters. The highest BCUT2D eigenvalue weighted by Gasteiger charge is 2.37. The van der Waals surface area contributed by atoms with Crippen LogP contribution in [-0.4, -0.2) is 37.3 Å². The number of hydrogen-bond donors (Lipinski definition) is 2. The smallest absolute Gasteiger partial charge is 0.244 e. The Morgan fingerprint density at radius 2 is 2.24 bits per heavy atom. The second kappa shape index (κ2) is 4.80. The average molecular weight is 257 g/mol. The molecule has 0 spiro atoms. The van der Waals surface area contributed by atoms with Gasteiger partial charge in [0.15, 0.2) is 0 Å². The topological polar surface area (TPSA) is 65.2 Å². The normalized spacial score (nSPS) is 16.6. The van der Waals surface area contributed by atoms with E-state index in [1.165, 1.54) is 0 Å². The summed E-state index contributed by atoms with van der Waals surface area (Å²) in [5.74, 6) is 0. The second-order valence-electron chi connectivity index (χ2n) is 4.33. The molecule has 0 radical (unpaired) electrons. The van der Waals surface area contributed by atoms with Crippen LogP contribution >= 0.6 is 0 Å². The lowest BCUT2D eigenvalue weighted by atomic mass is 10.4. The number of nitrogens with one attached hydrogen (secondary N) is 2. The van der Waals surface area contributed by atoms with Crippen molar-refractivity contribution in [3.05, 3.63) is 18.0 Å². The Morgan fingerprint density at radius 1 is 1.53 bits per heavy atom. The SMILES string of the molecule is CCN(C1CC1)S(=O)(=O)c1c[nH]c(CNC)c1. The van der Waals surface area contributed by atoms with Crippen molar-refractivity contribution in [3.63, 3.8) is 0 Å². The van der Waals surface area contributed by atoms with Crippen molar-refractivity contribution in [1.29, 1.82) is 0 Å². The Kier molecular flexibility index (Phi) is 3.56. The molecule has 2 rings (SSSR count). The third-order valence-electron chi connectivity index (χ3n) is 2.96. The Morgan fingerprint density at radius 3 is 2.76 bits per heavy atom. The lowest BCUT2D eigenvalue weighted by Crippen LogP contribution is -2.32. The van der Waals surface area contributed by atoms with E-state index >= 15 is 0 Å². The van der Waals surface area contributed by atoms with Gasteiger partial charge in [0.25, 0.3) is 0 Å². The number of hydrogen-bond acceptors (Lipinski definition) is 3. The quantitative estimate of drug-likeness (QED) is 0.796. The summed E-state index contributed by atoms with van der Waals surface area (Å²) < 4.78 is 26.3. The number of rotatable bonds is 6. The van der Waals surface area contributed by atoms with Crippen LogP contribution in [0.4, 0.5) is 0 Å². The lowest BCUT2D eigenvalue weighted by Gasteiger charge is -2.18. The molecule has 0 aromatic carbocycles. The molecule has 0 unspecified atom stereocenters. The first-order chi connectivity index (χ1) is 8.09. The first-order valence-corrected chi connectivity index (χ1v) is 7.37. The third kappa shape index (κ3) is 2.53. The molecule has 2 N–H and O–H groups in total. The summed E-state index contributed by atoms with van der Waals surface area (Å²) >= 11 is 0. The first kappa shape index (κ1) is 12.6. The van der Waals surface area contributed by atoms with Gasteiger partial charge in [-0.05, 0) is 26.0 Å². The summed E-state index contributed by atoms with van der Waals surface area (Å²) in [6.07, 6.45) is 3.55. The van der Waals surface area contributed by atoms with Gasteiger partial charge in [0, 0.05) is 31.0 Å². The van der Waals surface area contributed by atoms with E-state index < -0.39 is 10.0 Å². The van der Waals surface area contributed by atoms with Gasteiger partial charge in [-0.2, -0.15) is 4.31 Å². The van der Waals surface area contributed by atoms with Crippen LogP contribution in [0.2, 0.25) is 0 Å². The van der Waals surface area contributed by atoms with Gasteiger partial charge in [0.05, 0.1) is 4.90 Å². The molecule has 1 aromatic rings. The third-order valence-corrected chi connectivity index (χ3v) is 4.96. The molecule has 1 aliphatic carbocycles. The van der Waals surface area contributed by atoms with E-state index in [4.69, 9.17) is 0 Å². The van der Waals surface area contributed by atoms with Gasteiger partial charge in [-0.1, -0.05) is 6.92 Å². The number of nitrogens with zero attached hydrogens (tertiary/aromatic N) is 1.